The van der Waals surface area contributed by atoms with Crippen LogP contribution < -0.4 is 14.2 Å². The van der Waals surface area contributed by atoms with Crippen molar-refractivity contribution in [3.05, 3.63) is 93.9 Å². The Hall–Kier alpha value is -3.99. The number of rotatable bonds is 5. The van der Waals surface area contributed by atoms with Gasteiger partial charge >= 0.3 is 0 Å². The maximum absolute atomic E-state index is 13.1. The molecular weight excluding hydrogens is 426 g/mol. The highest BCUT2D eigenvalue weighted by molar-refractivity contribution is 6.15. The molecule has 34 heavy (non-hydrogen) atoms. The Bertz CT molecular complexity index is 1480. The summed E-state index contributed by atoms with van der Waals surface area (Å²) in [5.41, 5.74) is 6.85. The average Bonchev–Trinajstić information content (AvgIpc) is 3.32. The van der Waals surface area contributed by atoms with Gasteiger partial charge in [-0.1, -0.05) is 23.8 Å². The van der Waals surface area contributed by atoms with Crippen LogP contribution in [0.2, 0.25) is 0 Å². The fourth-order valence-corrected chi connectivity index (χ4v) is 4.42. The van der Waals surface area contributed by atoms with Crippen LogP contribution in [0.1, 0.15) is 38.2 Å². The Morgan fingerprint density at radius 1 is 1.03 bits per heavy atom. The van der Waals surface area contributed by atoms with Crippen molar-refractivity contribution in [2.45, 2.75) is 27.4 Å². The molecule has 2 heterocycles. The van der Waals surface area contributed by atoms with Crippen molar-refractivity contribution in [3.63, 3.8) is 0 Å². The first-order chi connectivity index (χ1) is 16.4. The summed E-state index contributed by atoms with van der Waals surface area (Å²) in [7, 11) is 3.62. The predicted octanol–water partition coefficient (Wildman–Crippen LogP) is 6.31. The summed E-state index contributed by atoms with van der Waals surface area (Å²) in [6.07, 6.45) is 3.79. The van der Waals surface area contributed by atoms with Crippen LogP contribution in [0.25, 0.3) is 17.0 Å². The van der Waals surface area contributed by atoms with Crippen LogP contribution in [0.3, 0.4) is 0 Å². The third-order valence-electron chi connectivity index (χ3n) is 6.44. The van der Waals surface area contributed by atoms with Gasteiger partial charge in [-0.15, -0.1) is 0 Å². The van der Waals surface area contributed by atoms with Crippen molar-refractivity contribution in [2.75, 3.05) is 7.11 Å². The van der Waals surface area contributed by atoms with E-state index in [1.54, 1.807) is 19.3 Å². The van der Waals surface area contributed by atoms with Gasteiger partial charge in [0, 0.05) is 35.3 Å². The molecule has 172 valence electrons. The second-order valence-electron chi connectivity index (χ2n) is 8.80. The molecule has 0 fully saturated rings. The van der Waals surface area contributed by atoms with E-state index >= 15 is 0 Å². The molecule has 4 aromatic rings. The molecule has 0 atom stereocenters. The number of aryl methyl sites for hydroxylation is 3. The number of hydrogen-bond acceptors (Lipinski definition) is 4. The lowest BCUT2D eigenvalue weighted by atomic mass is 10.0. The van der Waals surface area contributed by atoms with E-state index < -0.39 is 0 Å². The van der Waals surface area contributed by atoms with Crippen LogP contribution in [0, 0.1) is 20.8 Å². The van der Waals surface area contributed by atoms with Gasteiger partial charge in [-0.2, -0.15) is 0 Å². The predicted molar refractivity (Wildman–Crippen MR) is 134 cm³/mol. The van der Waals surface area contributed by atoms with Crippen LogP contribution in [0.5, 0.6) is 17.2 Å². The summed E-state index contributed by atoms with van der Waals surface area (Å²) in [5, 5.41) is 0.996. The summed E-state index contributed by atoms with van der Waals surface area (Å²) < 4.78 is 19.6. The fourth-order valence-electron chi connectivity index (χ4n) is 4.42. The summed E-state index contributed by atoms with van der Waals surface area (Å²) in [6, 6.07) is 15.9. The second-order valence-corrected chi connectivity index (χ2v) is 8.80. The number of Topliss-reactive ketones (excluding diaryl/α,β-unsaturated/α-hetero) is 1. The smallest absolute Gasteiger partial charge is 0.231 e. The molecule has 0 bridgehead atoms. The number of aromatic nitrogens is 1. The highest BCUT2D eigenvalue weighted by atomic mass is 16.5. The lowest BCUT2D eigenvalue weighted by Gasteiger charge is -2.13. The van der Waals surface area contributed by atoms with Crippen LogP contribution in [-0.4, -0.2) is 17.5 Å². The summed E-state index contributed by atoms with van der Waals surface area (Å²) in [6.45, 7) is 6.54. The van der Waals surface area contributed by atoms with Gasteiger partial charge in [0.25, 0.3) is 0 Å². The van der Waals surface area contributed by atoms with E-state index in [2.05, 4.69) is 32.0 Å². The van der Waals surface area contributed by atoms with Gasteiger partial charge < -0.3 is 18.8 Å². The zero-order valence-corrected chi connectivity index (χ0v) is 20.1. The number of allylic oxidation sites excluding steroid dienone is 1. The molecule has 0 spiro atoms. The minimum absolute atomic E-state index is 0.126. The fraction of sp³-hybridized carbons (Fsp3) is 0.207. The number of fused-ring (bicyclic) bond motifs is 2. The van der Waals surface area contributed by atoms with Gasteiger partial charge in [0.2, 0.25) is 5.78 Å². The number of benzene rings is 3. The van der Waals surface area contributed by atoms with E-state index in [4.69, 9.17) is 14.2 Å². The third-order valence-corrected chi connectivity index (χ3v) is 6.44. The summed E-state index contributed by atoms with van der Waals surface area (Å²) in [5.74, 6) is 2.22. The summed E-state index contributed by atoms with van der Waals surface area (Å²) in [4.78, 5) is 13.1. The third kappa shape index (κ3) is 3.73. The molecule has 0 radical (unpaired) electrons. The maximum atomic E-state index is 13.1. The Kier molecular flexibility index (Phi) is 5.40. The molecule has 5 rings (SSSR count). The SMILES string of the molecule is COc1ccc2c(c1)c(/C=C1/Oc3c(ccc(OCc4cc(C)ccc4C)c3C)C1=O)cn2C. The standard InChI is InChI=1S/C29H27NO4/c1-17-6-7-18(2)21(12-17)16-33-26-11-9-23-28(31)27(34-29(23)19(26)3)13-20-15-30(4)25-10-8-22(32-5)14-24(20)25/h6-15H,16H2,1-5H3/b27-13+. The molecular formula is C29H27NO4. The molecule has 1 aliphatic rings. The largest absolute Gasteiger partial charge is 0.497 e. The second kappa shape index (κ2) is 8.41. The topological polar surface area (TPSA) is 49.7 Å². The first kappa shape index (κ1) is 21.8. The molecule has 0 saturated carbocycles. The number of ketones is 1. The molecule has 0 N–H and O–H groups in total. The molecule has 0 unspecified atom stereocenters. The van der Waals surface area contributed by atoms with Gasteiger partial charge in [0.15, 0.2) is 5.76 Å². The number of carbonyl (C=O) groups is 1. The van der Waals surface area contributed by atoms with Gasteiger partial charge in [0.1, 0.15) is 23.9 Å². The van der Waals surface area contributed by atoms with Gasteiger partial charge in [-0.3, -0.25) is 4.79 Å². The van der Waals surface area contributed by atoms with Crippen molar-refractivity contribution < 1.29 is 19.0 Å². The zero-order chi connectivity index (χ0) is 24.0. The number of hydrogen-bond donors (Lipinski definition) is 0. The minimum atomic E-state index is -0.126. The monoisotopic (exact) mass is 453 g/mol. The molecule has 1 aromatic heterocycles. The molecule has 3 aromatic carbocycles. The van der Waals surface area contributed by atoms with Crippen LogP contribution >= 0.6 is 0 Å². The molecule has 5 heteroatoms. The van der Waals surface area contributed by atoms with E-state index in [0.29, 0.717) is 29.4 Å². The average molecular weight is 454 g/mol. The van der Waals surface area contributed by atoms with E-state index in [1.165, 1.54) is 11.1 Å². The van der Waals surface area contributed by atoms with Crippen molar-refractivity contribution in [1.82, 2.24) is 4.57 Å². The zero-order valence-electron chi connectivity index (χ0n) is 20.1. The lowest BCUT2D eigenvalue weighted by Crippen LogP contribution is -2.00. The van der Waals surface area contributed by atoms with E-state index in [9.17, 15) is 4.79 Å². The van der Waals surface area contributed by atoms with Crippen molar-refractivity contribution >= 4 is 22.8 Å². The van der Waals surface area contributed by atoms with Crippen molar-refractivity contribution in [2.24, 2.45) is 7.05 Å². The number of carbonyl (C=O) groups excluding carboxylic acids is 1. The van der Waals surface area contributed by atoms with Crippen LogP contribution in [-0.2, 0) is 13.7 Å². The van der Waals surface area contributed by atoms with E-state index in [-0.39, 0.29) is 5.78 Å². The molecule has 0 amide bonds. The van der Waals surface area contributed by atoms with Crippen LogP contribution in [0.15, 0.2) is 60.5 Å². The number of nitrogens with zero attached hydrogens (tertiary/aromatic N) is 1. The quantitative estimate of drug-likeness (QED) is 0.332. The van der Waals surface area contributed by atoms with Crippen LogP contribution in [0.4, 0.5) is 0 Å². The van der Waals surface area contributed by atoms with Gasteiger partial charge in [0.05, 0.1) is 12.7 Å². The normalized spacial score (nSPS) is 13.9. The molecule has 0 aliphatic carbocycles. The van der Waals surface area contributed by atoms with Crippen molar-refractivity contribution in [3.8, 4) is 17.2 Å². The number of ether oxygens (including phenoxy) is 3. The Labute approximate surface area is 199 Å². The van der Waals surface area contributed by atoms with Crippen molar-refractivity contribution in [1.29, 1.82) is 0 Å². The Morgan fingerprint density at radius 2 is 1.85 bits per heavy atom. The number of methoxy groups -OCH3 is 1. The first-order valence-corrected chi connectivity index (χ1v) is 11.3. The highest BCUT2D eigenvalue weighted by Gasteiger charge is 2.30. The highest BCUT2D eigenvalue weighted by Crippen LogP contribution is 2.40. The van der Waals surface area contributed by atoms with E-state index in [0.717, 1.165) is 33.3 Å². The molecule has 1 aliphatic heterocycles. The molecule has 0 saturated heterocycles. The Morgan fingerprint density at radius 3 is 2.65 bits per heavy atom. The Balaban J connectivity index is 1.45. The first-order valence-electron chi connectivity index (χ1n) is 11.3. The molecule has 5 nitrogen and oxygen atoms in total. The van der Waals surface area contributed by atoms with E-state index in [1.807, 2.05) is 49.0 Å². The van der Waals surface area contributed by atoms with Gasteiger partial charge in [-0.25, -0.2) is 0 Å². The summed E-state index contributed by atoms with van der Waals surface area (Å²) >= 11 is 0. The lowest BCUT2D eigenvalue weighted by molar-refractivity contribution is 0.101. The minimum Gasteiger partial charge on any atom is -0.497 e. The van der Waals surface area contributed by atoms with Gasteiger partial charge in [-0.05, 0) is 68.3 Å². The maximum Gasteiger partial charge on any atom is 0.231 e.